The molecule has 1 saturated heterocycles. The van der Waals surface area contributed by atoms with E-state index in [1.807, 2.05) is 0 Å². The second-order valence-electron chi connectivity index (χ2n) is 3.52. The Hall–Kier alpha value is -0.0800. The molecule has 0 aromatic rings. The van der Waals surface area contributed by atoms with Gasteiger partial charge in [-0.25, -0.2) is 0 Å². The van der Waals surface area contributed by atoms with Gasteiger partial charge in [-0.1, -0.05) is 0 Å². The molecule has 0 radical (unpaired) electrons. The molecule has 52 valence electrons. The van der Waals surface area contributed by atoms with Crippen molar-refractivity contribution < 1.29 is 0 Å². The van der Waals surface area contributed by atoms with E-state index in [1.54, 1.807) is 0 Å². The standard InChI is InChI=1S/C7H14N2/c1-9-5-2-6(9)7(8)3-4-7/h6H,2-5,8H2,1H3. The van der Waals surface area contributed by atoms with Gasteiger partial charge in [0.05, 0.1) is 0 Å². The van der Waals surface area contributed by atoms with Crippen molar-refractivity contribution in [2.45, 2.75) is 30.8 Å². The number of nitrogens with two attached hydrogens (primary N) is 1. The van der Waals surface area contributed by atoms with Crippen molar-refractivity contribution in [1.29, 1.82) is 0 Å². The van der Waals surface area contributed by atoms with Crippen LogP contribution >= 0.6 is 0 Å². The first-order valence-electron chi connectivity index (χ1n) is 3.71. The molecule has 1 saturated carbocycles. The highest BCUT2D eigenvalue weighted by atomic mass is 15.2. The Kier molecular flexibility index (Phi) is 0.945. The second kappa shape index (κ2) is 1.50. The van der Waals surface area contributed by atoms with Gasteiger partial charge in [0.1, 0.15) is 0 Å². The molecule has 0 aromatic heterocycles. The molecule has 1 aliphatic heterocycles. The van der Waals surface area contributed by atoms with Crippen molar-refractivity contribution in [2.75, 3.05) is 13.6 Å². The fourth-order valence-electron chi connectivity index (χ4n) is 1.72. The van der Waals surface area contributed by atoms with E-state index in [2.05, 4.69) is 11.9 Å². The Labute approximate surface area is 56.0 Å². The molecule has 9 heavy (non-hydrogen) atoms. The van der Waals surface area contributed by atoms with Gasteiger partial charge < -0.3 is 10.6 Å². The third-order valence-electron chi connectivity index (χ3n) is 2.78. The summed E-state index contributed by atoms with van der Waals surface area (Å²) >= 11 is 0. The monoisotopic (exact) mass is 126 g/mol. The Bertz CT molecular complexity index is 129. The Balaban J connectivity index is 1.98. The molecule has 2 heteroatoms. The molecule has 1 unspecified atom stereocenters. The second-order valence-corrected chi connectivity index (χ2v) is 3.52. The van der Waals surface area contributed by atoms with Crippen molar-refractivity contribution in [1.82, 2.24) is 4.90 Å². The molecule has 1 heterocycles. The van der Waals surface area contributed by atoms with Crippen LogP contribution in [0.3, 0.4) is 0 Å². The molecule has 2 aliphatic rings. The average molecular weight is 126 g/mol. The van der Waals surface area contributed by atoms with E-state index in [9.17, 15) is 0 Å². The summed E-state index contributed by atoms with van der Waals surface area (Å²) in [7, 11) is 2.17. The van der Waals surface area contributed by atoms with E-state index >= 15 is 0 Å². The van der Waals surface area contributed by atoms with Crippen molar-refractivity contribution in [2.24, 2.45) is 5.73 Å². The Morgan fingerprint density at radius 3 is 2.33 bits per heavy atom. The van der Waals surface area contributed by atoms with Crippen LogP contribution in [0, 0.1) is 0 Å². The summed E-state index contributed by atoms with van der Waals surface area (Å²) < 4.78 is 0. The number of nitrogens with zero attached hydrogens (tertiary/aromatic N) is 1. The lowest BCUT2D eigenvalue weighted by atomic mass is 9.95. The zero-order valence-electron chi connectivity index (χ0n) is 5.93. The number of likely N-dealkylation sites (N-methyl/N-ethyl adjacent to an activating group) is 1. The third-order valence-corrected chi connectivity index (χ3v) is 2.78. The first-order chi connectivity index (χ1) is 4.22. The molecular formula is C7H14N2. The van der Waals surface area contributed by atoms with Crippen LogP contribution in [0.2, 0.25) is 0 Å². The van der Waals surface area contributed by atoms with Crippen LogP contribution in [-0.4, -0.2) is 30.1 Å². The van der Waals surface area contributed by atoms with Crippen LogP contribution < -0.4 is 5.73 Å². The molecule has 0 bridgehead atoms. The maximum Gasteiger partial charge on any atom is 0.0313 e. The van der Waals surface area contributed by atoms with Gasteiger partial charge in [-0.3, -0.25) is 0 Å². The van der Waals surface area contributed by atoms with Crippen molar-refractivity contribution >= 4 is 0 Å². The first-order valence-corrected chi connectivity index (χ1v) is 3.71. The predicted molar refractivity (Wildman–Crippen MR) is 37.2 cm³/mol. The summed E-state index contributed by atoms with van der Waals surface area (Å²) in [4.78, 5) is 2.37. The van der Waals surface area contributed by atoms with Crippen LogP contribution in [0.4, 0.5) is 0 Å². The zero-order valence-corrected chi connectivity index (χ0v) is 5.93. The SMILES string of the molecule is CN1CCC1C1(N)CC1. The summed E-state index contributed by atoms with van der Waals surface area (Å²) in [6.07, 6.45) is 3.83. The zero-order chi connectivity index (χ0) is 6.48. The van der Waals surface area contributed by atoms with Crippen LogP contribution in [0.1, 0.15) is 19.3 Å². The van der Waals surface area contributed by atoms with Crippen LogP contribution in [0.15, 0.2) is 0 Å². The normalized spacial score (nSPS) is 40.0. The minimum atomic E-state index is 0.243. The molecule has 0 spiro atoms. The van der Waals surface area contributed by atoms with E-state index in [0.29, 0.717) is 0 Å². The number of hydrogen-bond acceptors (Lipinski definition) is 2. The summed E-state index contributed by atoms with van der Waals surface area (Å²) in [6, 6.07) is 0.720. The lowest BCUT2D eigenvalue weighted by Gasteiger charge is -2.42. The topological polar surface area (TPSA) is 29.3 Å². The summed E-state index contributed by atoms with van der Waals surface area (Å²) in [5, 5.41) is 0. The first kappa shape index (κ1) is 5.69. The van der Waals surface area contributed by atoms with Gasteiger partial charge in [0, 0.05) is 11.6 Å². The van der Waals surface area contributed by atoms with Crippen LogP contribution in [0.5, 0.6) is 0 Å². The maximum atomic E-state index is 6.00. The summed E-state index contributed by atoms with van der Waals surface area (Å²) in [6.45, 7) is 1.25. The van der Waals surface area contributed by atoms with Crippen molar-refractivity contribution in [3.05, 3.63) is 0 Å². The highest BCUT2D eigenvalue weighted by molar-refractivity contribution is 5.11. The molecule has 1 atom stereocenters. The quantitative estimate of drug-likeness (QED) is 0.543. The summed E-state index contributed by atoms with van der Waals surface area (Å²) in [5.74, 6) is 0. The minimum absolute atomic E-state index is 0.243. The van der Waals surface area contributed by atoms with Crippen molar-refractivity contribution in [3.8, 4) is 0 Å². The molecule has 2 nitrogen and oxygen atoms in total. The maximum absolute atomic E-state index is 6.00. The minimum Gasteiger partial charge on any atom is -0.324 e. The fraction of sp³-hybridized carbons (Fsp3) is 1.00. The fourth-order valence-corrected chi connectivity index (χ4v) is 1.72. The van der Waals surface area contributed by atoms with Gasteiger partial charge in [-0.2, -0.15) is 0 Å². The third kappa shape index (κ3) is 0.700. The van der Waals surface area contributed by atoms with E-state index in [-0.39, 0.29) is 5.54 Å². The van der Waals surface area contributed by atoms with Gasteiger partial charge in [-0.15, -0.1) is 0 Å². The molecule has 2 N–H and O–H groups in total. The van der Waals surface area contributed by atoms with Gasteiger partial charge in [0.2, 0.25) is 0 Å². The van der Waals surface area contributed by atoms with Gasteiger partial charge in [-0.05, 0) is 32.9 Å². The number of rotatable bonds is 1. The van der Waals surface area contributed by atoms with E-state index in [0.717, 1.165) is 6.04 Å². The van der Waals surface area contributed by atoms with Gasteiger partial charge in [0.25, 0.3) is 0 Å². The highest BCUT2D eigenvalue weighted by Gasteiger charge is 2.50. The van der Waals surface area contributed by atoms with E-state index in [4.69, 9.17) is 5.73 Å². The van der Waals surface area contributed by atoms with Crippen molar-refractivity contribution in [3.63, 3.8) is 0 Å². The molecule has 1 aliphatic carbocycles. The predicted octanol–water partition coefficient (Wildman–Crippen LogP) is 0.182. The lowest BCUT2D eigenvalue weighted by Crippen LogP contribution is -2.56. The number of likely N-dealkylation sites (tertiary alicyclic amines) is 1. The Morgan fingerprint density at radius 1 is 1.56 bits per heavy atom. The van der Waals surface area contributed by atoms with Gasteiger partial charge >= 0.3 is 0 Å². The largest absolute Gasteiger partial charge is 0.324 e. The smallest absolute Gasteiger partial charge is 0.0313 e. The van der Waals surface area contributed by atoms with Gasteiger partial charge in [0.15, 0.2) is 0 Å². The van der Waals surface area contributed by atoms with Crippen LogP contribution in [0.25, 0.3) is 0 Å². The Morgan fingerprint density at radius 2 is 2.22 bits per heavy atom. The average Bonchev–Trinajstić information content (AvgIpc) is 2.44. The molecule has 0 aromatic carbocycles. The van der Waals surface area contributed by atoms with E-state index < -0.39 is 0 Å². The molecule has 2 rings (SSSR count). The van der Waals surface area contributed by atoms with E-state index in [1.165, 1.54) is 25.8 Å². The molecule has 2 fully saturated rings. The lowest BCUT2D eigenvalue weighted by molar-refractivity contribution is 0.0942. The summed E-state index contributed by atoms with van der Waals surface area (Å²) in [5.41, 5.74) is 6.24. The molecular weight excluding hydrogens is 112 g/mol. The molecule has 0 amide bonds. The highest BCUT2D eigenvalue weighted by Crippen LogP contribution is 2.42. The number of hydrogen-bond donors (Lipinski definition) is 1. The van der Waals surface area contributed by atoms with Crippen LogP contribution in [-0.2, 0) is 0 Å².